The summed E-state index contributed by atoms with van der Waals surface area (Å²) in [6.07, 6.45) is 3.88. The van der Waals surface area contributed by atoms with Crippen LogP contribution in [0.25, 0.3) is 0 Å². The van der Waals surface area contributed by atoms with Crippen molar-refractivity contribution in [3.8, 4) is 5.75 Å². The Labute approximate surface area is 174 Å². The zero-order valence-corrected chi connectivity index (χ0v) is 17.0. The van der Waals surface area contributed by atoms with Crippen LogP contribution in [0.1, 0.15) is 24.1 Å². The van der Waals surface area contributed by atoms with Crippen LogP contribution >= 0.6 is 0 Å². The normalized spacial score (nSPS) is 16.6. The Morgan fingerprint density at radius 2 is 2.03 bits per heavy atom. The van der Waals surface area contributed by atoms with Crippen LogP contribution in [0.3, 0.4) is 0 Å². The third-order valence-electron chi connectivity index (χ3n) is 4.87. The topological polar surface area (TPSA) is 118 Å². The van der Waals surface area contributed by atoms with Gasteiger partial charge in [-0.1, -0.05) is 12.1 Å². The number of nitrogens with one attached hydrogen (secondary N) is 2. The predicted octanol–water partition coefficient (Wildman–Crippen LogP) is 1.40. The number of hydrogen-bond donors (Lipinski definition) is 2. The van der Waals surface area contributed by atoms with Gasteiger partial charge in [-0.05, 0) is 42.5 Å². The third kappa shape index (κ3) is 5.14. The number of carbonyl (C=O) groups is 2. The molecule has 1 aromatic carbocycles. The number of benzene rings is 1. The molecule has 1 saturated carbocycles. The number of ether oxygens (including phenoxy) is 1. The fourth-order valence-electron chi connectivity index (χ4n) is 2.97. The molecular formula is C20H22N4O5S. The molecule has 1 aromatic heterocycles. The number of carbonyl (C=O) groups excluding carboxylic acids is 2. The largest absolute Gasteiger partial charge is 0.493 e. The maximum Gasteiger partial charge on any atom is 0.324 e. The second-order valence-corrected chi connectivity index (χ2v) is 9.19. The summed E-state index contributed by atoms with van der Waals surface area (Å²) in [6, 6.07) is 9.44. The molecule has 1 saturated heterocycles. The smallest absolute Gasteiger partial charge is 0.324 e. The number of nitrogens with zero attached hydrogens (tertiary/aromatic N) is 2. The van der Waals surface area contributed by atoms with Gasteiger partial charge in [0.25, 0.3) is 0 Å². The summed E-state index contributed by atoms with van der Waals surface area (Å²) in [5, 5.41) is 2.21. The van der Waals surface area contributed by atoms with Crippen molar-refractivity contribution >= 4 is 22.0 Å². The Balaban J connectivity index is 1.33. The van der Waals surface area contributed by atoms with Crippen LogP contribution in [0, 0.1) is 5.92 Å². The maximum absolute atomic E-state index is 12.6. The molecule has 2 heterocycles. The van der Waals surface area contributed by atoms with E-state index in [1.807, 2.05) is 0 Å². The lowest BCUT2D eigenvalue weighted by Crippen LogP contribution is -2.27. The SMILES string of the molecule is O=C1CN(Cc2ccc(CNS(=O)(=O)c3cccc(OCC4CC4)c3)nc2)C(=O)N1. The van der Waals surface area contributed by atoms with E-state index in [9.17, 15) is 18.0 Å². The van der Waals surface area contributed by atoms with Gasteiger partial charge < -0.3 is 9.64 Å². The average molecular weight is 430 g/mol. The van der Waals surface area contributed by atoms with E-state index in [2.05, 4.69) is 15.0 Å². The van der Waals surface area contributed by atoms with Crippen LogP contribution in [-0.4, -0.2) is 43.4 Å². The summed E-state index contributed by atoms with van der Waals surface area (Å²) in [5.74, 6) is 0.787. The first-order valence-corrected chi connectivity index (χ1v) is 11.1. The van der Waals surface area contributed by atoms with Gasteiger partial charge in [0.1, 0.15) is 12.3 Å². The standard InChI is InChI=1S/C20H22N4O5S/c25-19-12-24(20(26)23-19)11-15-6-7-16(21-9-15)10-22-30(27,28)18-3-1-2-17(8-18)29-13-14-4-5-14/h1-3,6-9,14,22H,4-5,10-13H2,(H,23,25,26). The van der Waals surface area contributed by atoms with Crippen molar-refractivity contribution in [3.63, 3.8) is 0 Å². The van der Waals surface area contributed by atoms with Crippen LogP contribution in [0.2, 0.25) is 0 Å². The van der Waals surface area contributed by atoms with Crippen molar-refractivity contribution in [2.24, 2.45) is 5.92 Å². The highest BCUT2D eigenvalue weighted by atomic mass is 32.2. The van der Waals surface area contributed by atoms with Crippen molar-refractivity contribution in [3.05, 3.63) is 53.9 Å². The number of pyridine rings is 1. The number of hydrogen-bond acceptors (Lipinski definition) is 6. The number of rotatable bonds is 9. The van der Waals surface area contributed by atoms with E-state index in [1.165, 1.54) is 17.0 Å². The van der Waals surface area contributed by atoms with Gasteiger partial charge >= 0.3 is 6.03 Å². The molecule has 2 N–H and O–H groups in total. The molecule has 9 nitrogen and oxygen atoms in total. The first-order valence-electron chi connectivity index (χ1n) is 9.64. The van der Waals surface area contributed by atoms with E-state index < -0.39 is 16.1 Å². The highest BCUT2D eigenvalue weighted by Crippen LogP contribution is 2.30. The highest BCUT2D eigenvalue weighted by Gasteiger charge is 2.26. The van der Waals surface area contributed by atoms with E-state index in [1.54, 1.807) is 30.5 Å². The van der Waals surface area contributed by atoms with Crippen LogP contribution < -0.4 is 14.8 Å². The summed E-state index contributed by atoms with van der Waals surface area (Å²) >= 11 is 0. The molecule has 2 aromatic rings. The fourth-order valence-corrected chi connectivity index (χ4v) is 4.00. The Bertz CT molecular complexity index is 1050. The molecule has 0 spiro atoms. The zero-order valence-electron chi connectivity index (χ0n) is 16.2. The lowest BCUT2D eigenvalue weighted by molar-refractivity contribution is -0.118. The summed E-state index contributed by atoms with van der Waals surface area (Å²) in [6.45, 7) is 0.910. The molecule has 2 fully saturated rings. The summed E-state index contributed by atoms with van der Waals surface area (Å²) < 4.78 is 33.4. The average Bonchev–Trinajstić information content (AvgIpc) is 3.50. The lowest BCUT2D eigenvalue weighted by atomic mass is 10.2. The molecule has 30 heavy (non-hydrogen) atoms. The first kappa shape index (κ1) is 20.3. The number of amides is 3. The number of urea groups is 1. The summed E-state index contributed by atoms with van der Waals surface area (Å²) in [5.41, 5.74) is 1.28. The third-order valence-corrected chi connectivity index (χ3v) is 6.27. The maximum atomic E-state index is 12.6. The summed E-state index contributed by atoms with van der Waals surface area (Å²) in [4.78, 5) is 28.6. The molecule has 10 heteroatoms. The summed E-state index contributed by atoms with van der Waals surface area (Å²) in [7, 11) is -3.71. The van der Waals surface area contributed by atoms with Crippen LogP contribution in [0.5, 0.6) is 5.75 Å². The molecule has 0 atom stereocenters. The highest BCUT2D eigenvalue weighted by molar-refractivity contribution is 7.89. The fraction of sp³-hybridized carbons (Fsp3) is 0.350. The molecule has 0 radical (unpaired) electrons. The monoisotopic (exact) mass is 430 g/mol. The van der Waals surface area contributed by atoms with Gasteiger partial charge in [0.2, 0.25) is 15.9 Å². The van der Waals surface area contributed by atoms with Gasteiger partial charge in [-0.15, -0.1) is 0 Å². The Hall–Kier alpha value is -2.98. The Morgan fingerprint density at radius 1 is 1.20 bits per heavy atom. The van der Waals surface area contributed by atoms with Gasteiger partial charge in [-0.3, -0.25) is 15.1 Å². The van der Waals surface area contributed by atoms with Gasteiger partial charge in [0.05, 0.1) is 23.7 Å². The van der Waals surface area contributed by atoms with Crippen molar-refractivity contribution in [2.75, 3.05) is 13.2 Å². The van der Waals surface area contributed by atoms with Crippen molar-refractivity contribution < 1.29 is 22.7 Å². The Kier molecular flexibility index (Phi) is 5.69. The minimum absolute atomic E-state index is 0.0177. The van der Waals surface area contributed by atoms with Crippen molar-refractivity contribution in [2.45, 2.75) is 30.8 Å². The molecular weight excluding hydrogens is 408 g/mol. The van der Waals surface area contributed by atoms with E-state index in [0.29, 0.717) is 24.0 Å². The second-order valence-electron chi connectivity index (χ2n) is 7.42. The van der Waals surface area contributed by atoms with E-state index in [-0.39, 0.29) is 30.4 Å². The van der Waals surface area contributed by atoms with Gasteiger partial charge in [-0.25, -0.2) is 17.9 Å². The van der Waals surface area contributed by atoms with Crippen LogP contribution in [0.15, 0.2) is 47.5 Å². The van der Waals surface area contributed by atoms with Gasteiger partial charge in [0, 0.05) is 18.8 Å². The molecule has 1 aliphatic heterocycles. The van der Waals surface area contributed by atoms with E-state index >= 15 is 0 Å². The minimum atomic E-state index is -3.71. The predicted molar refractivity (Wildman–Crippen MR) is 107 cm³/mol. The number of aromatic nitrogens is 1. The molecule has 1 aliphatic carbocycles. The number of imide groups is 1. The van der Waals surface area contributed by atoms with Crippen LogP contribution in [0.4, 0.5) is 4.79 Å². The second kappa shape index (κ2) is 8.41. The van der Waals surface area contributed by atoms with E-state index in [4.69, 9.17) is 4.74 Å². The Morgan fingerprint density at radius 3 is 2.70 bits per heavy atom. The van der Waals surface area contributed by atoms with Gasteiger partial charge in [0.15, 0.2) is 0 Å². The quantitative estimate of drug-likeness (QED) is 0.581. The van der Waals surface area contributed by atoms with Crippen LogP contribution in [-0.2, 0) is 27.9 Å². The first-order chi connectivity index (χ1) is 14.4. The molecule has 0 unspecified atom stereocenters. The molecule has 158 valence electrons. The van der Waals surface area contributed by atoms with Crippen molar-refractivity contribution in [1.29, 1.82) is 0 Å². The molecule has 3 amide bonds. The van der Waals surface area contributed by atoms with E-state index in [0.717, 1.165) is 18.4 Å². The lowest BCUT2D eigenvalue weighted by Gasteiger charge is -2.13. The number of sulfonamides is 1. The minimum Gasteiger partial charge on any atom is -0.493 e. The van der Waals surface area contributed by atoms with Crippen molar-refractivity contribution in [1.82, 2.24) is 19.9 Å². The molecule has 0 bridgehead atoms. The van der Waals surface area contributed by atoms with Gasteiger partial charge in [-0.2, -0.15) is 0 Å². The molecule has 2 aliphatic rings. The molecule has 4 rings (SSSR count). The zero-order chi connectivity index (χ0) is 21.1.